The van der Waals surface area contributed by atoms with Crippen molar-refractivity contribution in [1.82, 2.24) is 10.2 Å². The topological polar surface area (TPSA) is 61.9 Å². The molecule has 160 valence electrons. The maximum absolute atomic E-state index is 12.9. The number of ether oxygens (including phenoxy) is 1. The number of carbonyl (C=O) groups is 2. The lowest BCUT2D eigenvalue weighted by molar-refractivity contribution is -0.132. The van der Waals surface area contributed by atoms with Crippen LogP contribution >= 0.6 is 23.2 Å². The summed E-state index contributed by atoms with van der Waals surface area (Å²) in [5.41, 5.74) is 1.35. The van der Waals surface area contributed by atoms with Crippen molar-refractivity contribution in [2.75, 3.05) is 38.2 Å². The lowest BCUT2D eigenvalue weighted by atomic mass is 10.2. The number of hydrogen-bond donors (Lipinski definition) is 1. The van der Waals surface area contributed by atoms with Gasteiger partial charge in [-0.1, -0.05) is 29.3 Å². The van der Waals surface area contributed by atoms with Gasteiger partial charge in [-0.15, -0.1) is 0 Å². The van der Waals surface area contributed by atoms with Crippen LogP contribution < -0.4 is 15.0 Å². The minimum absolute atomic E-state index is 0.113. The summed E-state index contributed by atoms with van der Waals surface area (Å²) in [5, 5.41) is 3.22. The van der Waals surface area contributed by atoms with Crippen LogP contribution in [-0.2, 0) is 4.79 Å². The molecule has 8 heteroatoms. The van der Waals surface area contributed by atoms with Crippen molar-refractivity contribution in [3.8, 4) is 5.75 Å². The van der Waals surface area contributed by atoms with E-state index in [-0.39, 0.29) is 16.5 Å². The van der Waals surface area contributed by atoms with E-state index in [1.54, 1.807) is 37.1 Å². The van der Waals surface area contributed by atoms with Crippen LogP contribution in [0, 0.1) is 0 Å². The Morgan fingerprint density at radius 1 is 1.03 bits per heavy atom. The van der Waals surface area contributed by atoms with Gasteiger partial charge in [0.15, 0.2) is 0 Å². The van der Waals surface area contributed by atoms with E-state index in [0.29, 0.717) is 18.1 Å². The largest absolute Gasteiger partial charge is 0.497 e. The predicted octanol–water partition coefficient (Wildman–Crippen LogP) is 3.86. The summed E-state index contributed by atoms with van der Waals surface area (Å²) < 4.78 is 5.21. The molecule has 6 nitrogen and oxygen atoms in total. The number of benzene rings is 2. The highest BCUT2D eigenvalue weighted by Crippen LogP contribution is 2.25. The van der Waals surface area contributed by atoms with E-state index in [1.807, 2.05) is 24.3 Å². The van der Waals surface area contributed by atoms with Gasteiger partial charge >= 0.3 is 0 Å². The van der Waals surface area contributed by atoms with E-state index in [4.69, 9.17) is 27.9 Å². The maximum atomic E-state index is 12.9. The highest BCUT2D eigenvalue weighted by atomic mass is 35.5. The quantitative estimate of drug-likeness (QED) is 0.752. The molecule has 0 saturated carbocycles. The summed E-state index contributed by atoms with van der Waals surface area (Å²) in [6, 6.07) is 12.1. The summed E-state index contributed by atoms with van der Waals surface area (Å²) in [5.74, 6) is 0.283. The van der Waals surface area contributed by atoms with Crippen LogP contribution in [0.4, 0.5) is 5.69 Å². The third-order valence-corrected chi connectivity index (χ3v) is 5.98. The maximum Gasteiger partial charge on any atom is 0.253 e. The van der Waals surface area contributed by atoms with Crippen molar-refractivity contribution in [2.24, 2.45) is 0 Å². The first-order chi connectivity index (χ1) is 14.4. The fourth-order valence-electron chi connectivity index (χ4n) is 3.48. The molecule has 0 radical (unpaired) electrons. The molecule has 30 heavy (non-hydrogen) atoms. The zero-order valence-corrected chi connectivity index (χ0v) is 18.5. The van der Waals surface area contributed by atoms with Crippen LogP contribution in [0.25, 0.3) is 0 Å². The Morgan fingerprint density at radius 3 is 2.47 bits per heavy atom. The molecule has 2 aromatic rings. The molecule has 0 spiro atoms. The summed E-state index contributed by atoms with van der Waals surface area (Å²) >= 11 is 12.1. The summed E-state index contributed by atoms with van der Waals surface area (Å²) in [6.07, 6.45) is 0.846. The van der Waals surface area contributed by atoms with Gasteiger partial charge in [0, 0.05) is 31.9 Å². The van der Waals surface area contributed by atoms with Crippen LogP contribution in [0.3, 0.4) is 0 Å². The standard InChI is InChI=1S/C22H25Cl2N3O3/c1-15(25-21(28)18-5-3-6-19(23)20(18)24)22(29)27-12-4-11-26(13-14-27)16-7-9-17(30-2)10-8-16/h3,5-10,15H,4,11-14H2,1-2H3,(H,25,28). The molecule has 0 aromatic heterocycles. The zero-order chi connectivity index (χ0) is 21.7. The van der Waals surface area contributed by atoms with E-state index < -0.39 is 11.9 Å². The lowest BCUT2D eigenvalue weighted by Gasteiger charge is -2.26. The average molecular weight is 450 g/mol. The number of carbonyl (C=O) groups excluding carboxylic acids is 2. The molecule has 1 atom stereocenters. The Morgan fingerprint density at radius 2 is 1.77 bits per heavy atom. The Hall–Kier alpha value is -2.44. The number of methoxy groups -OCH3 is 1. The fraction of sp³-hybridized carbons (Fsp3) is 0.364. The monoisotopic (exact) mass is 449 g/mol. The SMILES string of the molecule is COc1ccc(N2CCCN(C(=O)C(C)NC(=O)c3cccc(Cl)c3Cl)CC2)cc1. The molecule has 2 amide bonds. The van der Waals surface area contributed by atoms with Gasteiger partial charge in [0.2, 0.25) is 5.91 Å². The number of halogens is 2. The fourth-order valence-corrected chi connectivity index (χ4v) is 3.86. The molecule has 2 aromatic carbocycles. The van der Waals surface area contributed by atoms with Crippen LogP contribution in [0.5, 0.6) is 5.75 Å². The Balaban J connectivity index is 1.59. The zero-order valence-electron chi connectivity index (χ0n) is 17.0. The highest BCUT2D eigenvalue weighted by molar-refractivity contribution is 6.43. The highest BCUT2D eigenvalue weighted by Gasteiger charge is 2.25. The number of anilines is 1. The van der Waals surface area contributed by atoms with Gasteiger partial charge in [-0.05, 0) is 49.7 Å². The summed E-state index contributed by atoms with van der Waals surface area (Å²) in [7, 11) is 1.64. The second-order valence-corrected chi connectivity index (χ2v) is 7.95. The van der Waals surface area contributed by atoms with Crippen molar-refractivity contribution >= 4 is 40.7 Å². The lowest BCUT2D eigenvalue weighted by Crippen LogP contribution is -2.48. The Kier molecular flexibility index (Phi) is 7.45. The Bertz CT molecular complexity index is 905. The van der Waals surface area contributed by atoms with Crippen molar-refractivity contribution < 1.29 is 14.3 Å². The van der Waals surface area contributed by atoms with Gasteiger partial charge < -0.3 is 19.9 Å². The number of hydrogen-bond acceptors (Lipinski definition) is 4. The van der Waals surface area contributed by atoms with Crippen molar-refractivity contribution in [2.45, 2.75) is 19.4 Å². The minimum atomic E-state index is -0.667. The van der Waals surface area contributed by atoms with E-state index in [0.717, 1.165) is 30.9 Å². The smallest absolute Gasteiger partial charge is 0.253 e. The molecule has 0 aliphatic carbocycles. The molecule has 1 fully saturated rings. The Labute approximate surface area is 186 Å². The molecule has 1 heterocycles. The van der Waals surface area contributed by atoms with Gasteiger partial charge in [0.05, 0.1) is 22.7 Å². The van der Waals surface area contributed by atoms with Crippen molar-refractivity contribution in [1.29, 1.82) is 0 Å². The third-order valence-electron chi connectivity index (χ3n) is 5.16. The number of rotatable bonds is 5. The number of nitrogens with zero attached hydrogens (tertiary/aromatic N) is 2. The van der Waals surface area contributed by atoms with Gasteiger partial charge in [-0.25, -0.2) is 0 Å². The van der Waals surface area contributed by atoms with E-state index >= 15 is 0 Å². The second-order valence-electron chi connectivity index (χ2n) is 7.16. The molecule has 1 unspecified atom stereocenters. The van der Waals surface area contributed by atoms with Gasteiger partial charge in [0.25, 0.3) is 5.91 Å². The second kappa shape index (κ2) is 10.0. The number of nitrogens with one attached hydrogen (secondary N) is 1. The minimum Gasteiger partial charge on any atom is -0.497 e. The molecule has 1 saturated heterocycles. The number of amides is 2. The summed E-state index contributed by atoms with van der Waals surface area (Å²) in [4.78, 5) is 29.5. The van der Waals surface area contributed by atoms with Gasteiger partial charge in [-0.3, -0.25) is 9.59 Å². The molecule has 1 N–H and O–H groups in total. The molecule has 1 aliphatic heterocycles. The van der Waals surface area contributed by atoms with Crippen LogP contribution in [-0.4, -0.2) is 56.0 Å². The van der Waals surface area contributed by atoms with E-state index in [9.17, 15) is 9.59 Å². The predicted molar refractivity (Wildman–Crippen MR) is 120 cm³/mol. The molecule has 3 rings (SSSR count). The molecular weight excluding hydrogens is 425 g/mol. The first kappa shape index (κ1) is 22.2. The molecule has 1 aliphatic rings. The molecule has 0 bridgehead atoms. The average Bonchev–Trinajstić information content (AvgIpc) is 3.01. The van der Waals surface area contributed by atoms with Crippen molar-refractivity contribution in [3.63, 3.8) is 0 Å². The summed E-state index contributed by atoms with van der Waals surface area (Å²) in [6.45, 7) is 4.49. The van der Waals surface area contributed by atoms with Gasteiger partial charge in [0.1, 0.15) is 11.8 Å². The van der Waals surface area contributed by atoms with E-state index in [2.05, 4.69) is 10.2 Å². The normalized spacial score (nSPS) is 15.3. The van der Waals surface area contributed by atoms with Crippen LogP contribution in [0.15, 0.2) is 42.5 Å². The first-order valence-electron chi connectivity index (χ1n) is 9.83. The van der Waals surface area contributed by atoms with Gasteiger partial charge in [-0.2, -0.15) is 0 Å². The van der Waals surface area contributed by atoms with E-state index in [1.165, 1.54) is 0 Å². The van der Waals surface area contributed by atoms with Crippen LogP contribution in [0.2, 0.25) is 10.0 Å². The third kappa shape index (κ3) is 5.18. The van der Waals surface area contributed by atoms with Crippen LogP contribution in [0.1, 0.15) is 23.7 Å². The first-order valence-corrected chi connectivity index (χ1v) is 10.6. The molecular formula is C22H25Cl2N3O3. The van der Waals surface area contributed by atoms with Crippen molar-refractivity contribution in [3.05, 3.63) is 58.1 Å².